The van der Waals surface area contributed by atoms with Crippen LogP contribution in [0.1, 0.15) is 45.0 Å². The van der Waals surface area contributed by atoms with Gasteiger partial charge in [-0.2, -0.15) is 0 Å². The van der Waals surface area contributed by atoms with Crippen LogP contribution in [0.15, 0.2) is 18.2 Å². The maximum atomic E-state index is 6.16. The molecule has 4 nitrogen and oxygen atoms in total. The van der Waals surface area contributed by atoms with Crippen LogP contribution in [0.25, 0.3) is 0 Å². The second-order valence-corrected chi connectivity index (χ2v) is 5.41. The topological polar surface area (TPSA) is 36.9 Å². The van der Waals surface area contributed by atoms with Gasteiger partial charge >= 0.3 is 0 Å². The summed E-state index contributed by atoms with van der Waals surface area (Å²) < 4.78 is 22.8. The van der Waals surface area contributed by atoms with Crippen LogP contribution in [0.3, 0.4) is 0 Å². The van der Waals surface area contributed by atoms with Gasteiger partial charge in [-0.15, -0.1) is 0 Å². The van der Waals surface area contributed by atoms with Gasteiger partial charge in [0.15, 0.2) is 17.8 Å². The van der Waals surface area contributed by atoms with Crippen LogP contribution in [0.2, 0.25) is 0 Å². The van der Waals surface area contributed by atoms with Gasteiger partial charge in [0.2, 0.25) is 6.79 Å². The van der Waals surface area contributed by atoms with Crippen molar-refractivity contribution in [1.29, 1.82) is 0 Å². The van der Waals surface area contributed by atoms with E-state index < -0.39 is 0 Å². The standard InChI is InChI=1S/C16H22O4/c1-3-5-13-11(4-2)9-17-16(20-13)12-6-7-14-15(8-12)19-10-18-14/h6-8,11,13,16H,3-5,9-10H2,1-2H3. The summed E-state index contributed by atoms with van der Waals surface area (Å²) in [7, 11) is 0. The van der Waals surface area contributed by atoms with Crippen LogP contribution < -0.4 is 9.47 Å². The fraction of sp³-hybridized carbons (Fsp3) is 0.625. The Kier molecular flexibility index (Phi) is 4.13. The van der Waals surface area contributed by atoms with Gasteiger partial charge in [-0.05, 0) is 31.0 Å². The normalized spacial score (nSPS) is 28.6. The number of hydrogen-bond donors (Lipinski definition) is 0. The van der Waals surface area contributed by atoms with Gasteiger partial charge in [-0.25, -0.2) is 0 Å². The highest BCUT2D eigenvalue weighted by Crippen LogP contribution is 2.38. The van der Waals surface area contributed by atoms with E-state index in [9.17, 15) is 0 Å². The van der Waals surface area contributed by atoms with E-state index in [0.717, 1.165) is 42.9 Å². The zero-order valence-corrected chi connectivity index (χ0v) is 12.1. The summed E-state index contributed by atoms with van der Waals surface area (Å²) in [6.07, 6.45) is 3.31. The first kappa shape index (κ1) is 13.7. The average Bonchev–Trinajstić information content (AvgIpc) is 2.95. The van der Waals surface area contributed by atoms with Gasteiger partial charge < -0.3 is 18.9 Å². The molecule has 0 aromatic heterocycles. The van der Waals surface area contributed by atoms with E-state index in [2.05, 4.69) is 13.8 Å². The molecule has 1 saturated heterocycles. The first-order valence-electron chi connectivity index (χ1n) is 7.48. The van der Waals surface area contributed by atoms with Crippen molar-refractivity contribution in [2.24, 2.45) is 5.92 Å². The third-order valence-corrected chi connectivity index (χ3v) is 4.05. The van der Waals surface area contributed by atoms with Crippen LogP contribution in [-0.2, 0) is 9.47 Å². The van der Waals surface area contributed by atoms with E-state index in [1.165, 1.54) is 0 Å². The smallest absolute Gasteiger partial charge is 0.231 e. The maximum absolute atomic E-state index is 6.16. The van der Waals surface area contributed by atoms with Gasteiger partial charge in [0.25, 0.3) is 0 Å². The Morgan fingerprint density at radius 3 is 2.80 bits per heavy atom. The highest BCUT2D eigenvalue weighted by molar-refractivity contribution is 5.44. The van der Waals surface area contributed by atoms with E-state index in [4.69, 9.17) is 18.9 Å². The summed E-state index contributed by atoms with van der Waals surface area (Å²) in [6, 6.07) is 5.88. The van der Waals surface area contributed by atoms with E-state index in [1.807, 2.05) is 18.2 Å². The van der Waals surface area contributed by atoms with Gasteiger partial charge in [-0.3, -0.25) is 0 Å². The van der Waals surface area contributed by atoms with Crippen molar-refractivity contribution in [3.63, 3.8) is 0 Å². The van der Waals surface area contributed by atoms with Crippen molar-refractivity contribution in [3.8, 4) is 11.5 Å². The average molecular weight is 278 g/mol. The number of rotatable bonds is 4. The molecule has 2 aliphatic heterocycles. The van der Waals surface area contributed by atoms with Crippen molar-refractivity contribution in [2.45, 2.75) is 45.5 Å². The predicted molar refractivity (Wildman–Crippen MR) is 74.8 cm³/mol. The van der Waals surface area contributed by atoms with Crippen LogP contribution in [0.5, 0.6) is 11.5 Å². The SMILES string of the molecule is CCCC1OC(c2ccc3c(c2)OCO3)OCC1CC. The third-order valence-electron chi connectivity index (χ3n) is 4.05. The minimum absolute atomic E-state index is 0.286. The zero-order valence-electron chi connectivity index (χ0n) is 12.1. The molecule has 110 valence electrons. The molecule has 0 N–H and O–H groups in total. The molecule has 0 spiro atoms. The van der Waals surface area contributed by atoms with Crippen LogP contribution in [0, 0.1) is 5.92 Å². The van der Waals surface area contributed by atoms with Crippen LogP contribution in [-0.4, -0.2) is 19.5 Å². The largest absolute Gasteiger partial charge is 0.454 e. The summed E-state index contributed by atoms with van der Waals surface area (Å²) >= 11 is 0. The molecular weight excluding hydrogens is 256 g/mol. The van der Waals surface area contributed by atoms with E-state index >= 15 is 0 Å². The van der Waals surface area contributed by atoms with E-state index in [1.54, 1.807) is 0 Å². The Morgan fingerprint density at radius 2 is 2.00 bits per heavy atom. The molecular formula is C16H22O4. The lowest BCUT2D eigenvalue weighted by Crippen LogP contribution is -2.35. The first-order valence-corrected chi connectivity index (χ1v) is 7.48. The van der Waals surface area contributed by atoms with Crippen LogP contribution >= 0.6 is 0 Å². The minimum Gasteiger partial charge on any atom is -0.454 e. The van der Waals surface area contributed by atoms with Crippen molar-refractivity contribution < 1.29 is 18.9 Å². The molecule has 0 amide bonds. The molecule has 0 bridgehead atoms. The van der Waals surface area contributed by atoms with E-state index in [-0.39, 0.29) is 12.4 Å². The van der Waals surface area contributed by atoms with Crippen LogP contribution in [0.4, 0.5) is 0 Å². The number of benzene rings is 1. The molecule has 1 aromatic carbocycles. The quantitative estimate of drug-likeness (QED) is 0.842. The van der Waals surface area contributed by atoms with Gasteiger partial charge in [0, 0.05) is 11.5 Å². The fourth-order valence-corrected chi connectivity index (χ4v) is 2.83. The zero-order chi connectivity index (χ0) is 13.9. The van der Waals surface area contributed by atoms with Crippen molar-refractivity contribution in [1.82, 2.24) is 0 Å². The Labute approximate surface area is 120 Å². The summed E-state index contributed by atoms with van der Waals surface area (Å²) in [5.74, 6) is 2.07. The Balaban J connectivity index is 1.74. The van der Waals surface area contributed by atoms with Gasteiger partial charge in [0.05, 0.1) is 12.7 Å². The predicted octanol–water partition coefficient (Wildman–Crippen LogP) is 3.66. The lowest BCUT2D eigenvalue weighted by atomic mass is 9.95. The lowest BCUT2D eigenvalue weighted by molar-refractivity contribution is -0.243. The molecule has 20 heavy (non-hydrogen) atoms. The van der Waals surface area contributed by atoms with E-state index in [0.29, 0.717) is 12.7 Å². The Bertz CT molecular complexity index is 460. The molecule has 3 rings (SSSR count). The number of hydrogen-bond acceptors (Lipinski definition) is 4. The minimum atomic E-state index is -0.288. The Morgan fingerprint density at radius 1 is 1.15 bits per heavy atom. The van der Waals surface area contributed by atoms with Crippen molar-refractivity contribution in [2.75, 3.05) is 13.4 Å². The number of fused-ring (bicyclic) bond motifs is 1. The first-order chi connectivity index (χ1) is 9.81. The van der Waals surface area contributed by atoms with Crippen molar-refractivity contribution in [3.05, 3.63) is 23.8 Å². The molecule has 0 saturated carbocycles. The summed E-state index contributed by atoms with van der Waals surface area (Å²) in [5.41, 5.74) is 1.00. The Hall–Kier alpha value is -1.26. The highest BCUT2D eigenvalue weighted by Gasteiger charge is 2.31. The number of ether oxygens (including phenoxy) is 4. The second kappa shape index (κ2) is 6.02. The molecule has 2 heterocycles. The second-order valence-electron chi connectivity index (χ2n) is 5.41. The molecule has 2 aliphatic rings. The third kappa shape index (κ3) is 2.63. The summed E-state index contributed by atoms with van der Waals surface area (Å²) in [4.78, 5) is 0. The molecule has 1 fully saturated rings. The molecule has 3 unspecified atom stereocenters. The summed E-state index contributed by atoms with van der Waals surface area (Å²) in [5, 5.41) is 0. The highest BCUT2D eigenvalue weighted by atomic mass is 16.7. The van der Waals surface area contributed by atoms with Gasteiger partial charge in [-0.1, -0.05) is 20.3 Å². The summed E-state index contributed by atoms with van der Waals surface area (Å²) in [6.45, 7) is 5.45. The fourth-order valence-electron chi connectivity index (χ4n) is 2.83. The van der Waals surface area contributed by atoms with Crippen molar-refractivity contribution >= 4 is 0 Å². The van der Waals surface area contributed by atoms with Gasteiger partial charge in [0.1, 0.15) is 0 Å². The molecule has 3 atom stereocenters. The lowest BCUT2D eigenvalue weighted by Gasteiger charge is -2.36. The molecule has 1 aromatic rings. The molecule has 0 aliphatic carbocycles. The monoisotopic (exact) mass is 278 g/mol. The molecule has 4 heteroatoms. The maximum Gasteiger partial charge on any atom is 0.231 e. The molecule has 0 radical (unpaired) electrons.